The molecule has 0 aliphatic heterocycles. The summed E-state index contributed by atoms with van der Waals surface area (Å²) in [6, 6.07) is 5.96. The summed E-state index contributed by atoms with van der Waals surface area (Å²) in [5, 5.41) is 8.56. The van der Waals surface area contributed by atoms with E-state index in [4.69, 9.17) is 10.6 Å². The maximum atomic E-state index is 12.3. The lowest BCUT2D eigenvalue weighted by molar-refractivity contribution is -0.127. The number of nitrogens with zero attached hydrogens (tertiary/aromatic N) is 4. The fourth-order valence-electron chi connectivity index (χ4n) is 2.42. The predicted octanol–water partition coefficient (Wildman–Crippen LogP) is 2.48. The van der Waals surface area contributed by atoms with Gasteiger partial charge in [0, 0.05) is 13.1 Å². The topological polar surface area (TPSA) is 86.3 Å². The number of amides is 1. The third kappa shape index (κ3) is 5.62. The van der Waals surface area contributed by atoms with Gasteiger partial charge in [0.2, 0.25) is 11.1 Å². The molecule has 27 heavy (non-hydrogen) atoms. The van der Waals surface area contributed by atoms with Gasteiger partial charge in [-0.1, -0.05) is 41.6 Å². The van der Waals surface area contributed by atoms with Crippen LogP contribution in [0, 0.1) is 13.8 Å². The number of benzene rings is 1. The van der Waals surface area contributed by atoms with Crippen molar-refractivity contribution >= 4 is 17.7 Å². The molecule has 2 N–H and O–H groups in total. The first-order valence-electron chi connectivity index (χ1n) is 8.48. The lowest BCUT2D eigenvalue weighted by Gasteiger charge is -2.18. The van der Waals surface area contributed by atoms with Crippen LogP contribution >= 0.6 is 11.8 Å². The molecule has 1 heterocycles. The highest BCUT2D eigenvalue weighted by molar-refractivity contribution is 7.99. The molecule has 0 fully saturated rings. The number of rotatable bonds is 10. The molecular weight excluding hydrogens is 362 g/mol. The largest absolute Gasteiger partial charge is 0.485 e. The number of aryl methyl sites for hydroxylation is 2. The second-order valence-corrected chi connectivity index (χ2v) is 6.93. The molecule has 0 aliphatic carbocycles. The first-order valence-corrected chi connectivity index (χ1v) is 9.46. The molecule has 2 rings (SSSR count). The molecule has 0 saturated carbocycles. The first kappa shape index (κ1) is 20.6. The summed E-state index contributed by atoms with van der Waals surface area (Å²) >= 11 is 1.23. The van der Waals surface area contributed by atoms with Gasteiger partial charge in [-0.25, -0.2) is 4.68 Å². The van der Waals surface area contributed by atoms with Crippen molar-refractivity contribution in [3.05, 3.63) is 60.5 Å². The SMILES string of the molecule is C=CCN(CC=C)C(=O)CSc1nnc(COc2ccc(C)cc2C)n1N. The third-order valence-corrected chi connectivity index (χ3v) is 4.73. The Labute approximate surface area is 163 Å². The number of aromatic nitrogens is 3. The van der Waals surface area contributed by atoms with Crippen molar-refractivity contribution in [3.8, 4) is 5.75 Å². The number of nitrogens with two attached hydrogens (primary N) is 1. The molecule has 1 aromatic heterocycles. The Morgan fingerprint density at radius 3 is 2.63 bits per heavy atom. The molecule has 0 unspecified atom stereocenters. The van der Waals surface area contributed by atoms with E-state index in [-0.39, 0.29) is 18.3 Å². The second kappa shape index (κ2) is 9.82. The summed E-state index contributed by atoms with van der Waals surface area (Å²) in [5.74, 6) is 7.46. The van der Waals surface area contributed by atoms with E-state index in [9.17, 15) is 4.79 Å². The summed E-state index contributed by atoms with van der Waals surface area (Å²) in [7, 11) is 0. The van der Waals surface area contributed by atoms with E-state index in [0.717, 1.165) is 11.3 Å². The number of thioether (sulfide) groups is 1. The van der Waals surface area contributed by atoms with Gasteiger partial charge in [-0.3, -0.25) is 4.79 Å². The molecule has 8 heteroatoms. The molecule has 0 spiro atoms. The molecule has 0 saturated heterocycles. The van der Waals surface area contributed by atoms with Crippen LogP contribution in [0.1, 0.15) is 17.0 Å². The Morgan fingerprint density at radius 1 is 1.30 bits per heavy atom. The lowest BCUT2D eigenvalue weighted by Crippen LogP contribution is -2.32. The molecule has 2 aromatic rings. The monoisotopic (exact) mass is 387 g/mol. The van der Waals surface area contributed by atoms with E-state index >= 15 is 0 Å². The zero-order chi connectivity index (χ0) is 19.8. The fourth-order valence-corrected chi connectivity index (χ4v) is 3.19. The minimum Gasteiger partial charge on any atom is -0.485 e. The van der Waals surface area contributed by atoms with Crippen molar-refractivity contribution in [2.45, 2.75) is 25.6 Å². The van der Waals surface area contributed by atoms with Gasteiger partial charge < -0.3 is 15.5 Å². The molecular formula is C19H25N5O2S. The van der Waals surface area contributed by atoms with Crippen LogP contribution in [0.4, 0.5) is 0 Å². The Morgan fingerprint density at radius 2 is 2.00 bits per heavy atom. The number of carbonyl (C=O) groups is 1. The van der Waals surface area contributed by atoms with E-state index in [0.29, 0.717) is 24.1 Å². The van der Waals surface area contributed by atoms with Gasteiger partial charge in [0.05, 0.1) is 5.75 Å². The van der Waals surface area contributed by atoms with Gasteiger partial charge in [-0.15, -0.1) is 23.4 Å². The lowest BCUT2D eigenvalue weighted by atomic mass is 10.1. The Bertz CT molecular complexity index is 808. The summed E-state index contributed by atoms with van der Waals surface area (Å²) in [6.07, 6.45) is 3.36. The summed E-state index contributed by atoms with van der Waals surface area (Å²) < 4.78 is 7.14. The maximum Gasteiger partial charge on any atom is 0.233 e. The summed E-state index contributed by atoms with van der Waals surface area (Å²) in [6.45, 7) is 12.5. The summed E-state index contributed by atoms with van der Waals surface area (Å²) in [5.41, 5.74) is 2.22. The molecule has 1 aromatic carbocycles. The van der Waals surface area contributed by atoms with Gasteiger partial charge in [0.1, 0.15) is 12.4 Å². The van der Waals surface area contributed by atoms with Crippen molar-refractivity contribution in [1.82, 2.24) is 19.8 Å². The van der Waals surface area contributed by atoms with E-state index in [1.54, 1.807) is 17.1 Å². The van der Waals surface area contributed by atoms with Crippen LogP contribution in [-0.4, -0.2) is 44.5 Å². The predicted molar refractivity (Wildman–Crippen MR) is 108 cm³/mol. The molecule has 0 radical (unpaired) electrons. The van der Waals surface area contributed by atoms with Gasteiger partial charge in [-0.2, -0.15) is 0 Å². The number of nitrogen functional groups attached to an aromatic ring is 1. The van der Waals surface area contributed by atoms with Crippen molar-refractivity contribution < 1.29 is 9.53 Å². The summed E-state index contributed by atoms with van der Waals surface area (Å²) in [4.78, 5) is 13.9. The Kier molecular flexibility index (Phi) is 7.48. The highest BCUT2D eigenvalue weighted by atomic mass is 32.2. The molecule has 0 atom stereocenters. The van der Waals surface area contributed by atoms with E-state index < -0.39 is 0 Å². The maximum absolute atomic E-state index is 12.3. The van der Waals surface area contributed by atoms with Crippen molar-refractivity contribution in [3.63, 3.8) is 0 Å². The molecule has 7 nitrogen and oxygen atoms in total. The molecule has 144 valence electrons. The number of hydrogen-bond acceptors (Lipinski definition) is 6. The van der Waals surface area contributed by atoms with Crippen LogP contribution in [0.3, 0.4) is 0 Å². The van der Waals surface area contributed by atoms with Crippen LogP contribution < -0.4 is 10.6 Å². The zero-order valence-corrected chi connectivity index (χ0v) is 16.5. The van der Waals surface area contributed by atoms with Crippen LogP contribution in [0.2, 0.25) is 0 Å². The highest BCUT2D eigenvalue weighted by Crippen LogP contribution is 2.21. The van der Waals surface area contributed by atoms with Crippen molar-refractivity contribution in [2.24, 2.45) is 0 Å². The third-order valence-electron chi connectivity index (χ3n) is 3.80. The van der Waals surface area contributed by atoms with E-state index in [1.165, 1.54) is 22.0 Å². The molecule has 1 amide bonds. The quantitative estimate of drug-likeness (QED) is 0.383. The molecule has 0 bridgehead atoms. The average Bonchev–Trinajstić information content (AvgIpc) is 2.98. The number of hydrogen-bond donors (Lipinski definition) is 1. The van der Waals surface area contributed by atoms with Crippen molar-refractivity contribution in [2.75, 3.05) is 24.7 Å². The van der Waals surface area contributed by atoms with Crippen molar-refractivity contribution in [1.29, 1.82) is 0 Å². The number of carbonyl (C=O) groups excluding carboxylic acids is 1. The van der Waals surface area contributed by atoms with Gasteiger partial charge >= 0.3 is 0 Å². The Hall–Kier alpha value is -2.74. The van der Waals surface area contributed by atoms with Crippen LogP contribution in [-0.2, 0) is 11.4 Å². The smallest absolute Gasteiger partial charge is 0.233 e. The minimum absolute atomic E-state index is 0.0455. The normalized spacial score (nSPS) is 10.4. The second-order valence-electron chi connectivity index (χ2n) is 5.99. The number of ether oxygens (including phenoxy) is 1. The van der Waals surface area contributed by atoms with Crippen LogP contribution in [0.5, 0.6) is 5.75 Å². The van der Waals surface area contributed by atoms with Gasteiger partial charge in [-0.05, 0) is 25.5 Å². The van der Waals surface area contributed by atoms with Crippen LogP contribution in [0.15, 0.2) is 48.7 Å². The molecule has 0 aliphatic rings. The average molecular weight is 388 g/mol. The van der Waals surface area contributed by atoms with E-state index in [2.05, 4.69) is 23.4 Å². The first-order chi connectivity index (χ1) is 13.0. The standard InChI is InChI=1S/C19H25N5O2S/c1-5-9-23(10-6-2)18(25)13-27-19-22-21-17(24(19)20)12-26-16-8-7-14(3)11-15(16)4/h5-8,11H,1-2,9-10,12-13,20H2,3-4H3. The van der Waals surface area contributed by atoms with Crippen LogP contribution in [0.25, 0.3) is 0 Å². The zero-order valence-electron chi connectivity index (χ0n) is 15.7. The fraction of sp³-hybridized carbons (Fsp3) is 0.316. The minimum atomic E-state index is -0.0455. The highest BCUT2D eigenvalue weighted by Gasteiger charge is 2.16. The Balaban J connectivity index is 1.95. The van der Waals surface area contributed by atoms with Gasteiger partial charge in [0.15, 0.2) is 5.82 Å². The van der Waals surface area contributed by atoms with E-state index in [1.807, 2.05) is 32.0 Å². The van der Waals surface area contributed by atoms with Gasteiger partial charge in [0.25, 0.3) is 0 Å².